The van der Waals surface area contributed by atoms with Gasteiger partial charge < -0.3 is 10.1 Å². The van der Waals surface area contributed by atoms with Crippen LogP contribution >= 0.6 is 15.9 Å². The van der Waals surface area contributed by atoms with Crippen molar-refractivity contribution in [2.24, 2.45) is 0 Å². The van der Waals surface area contributed by atoms with E-state index in [4.69, 9.17) is 4.74 Å². The highest BCUT2D eigenvalue weighted by Crippen LogP contribution is 2.24. The second-order valence-corrected chi connectivity index (χ2v) is 9.90. The van der Waals surface area contributed by atoms with Crippen LogP contribution in [0.2, 0.25) is 0 Å². The number of ether oxygens (including phenoxy) is 1. The minimum absolute atomic E-state index is 0.173. The van der Waals surface area contributed by atoms with Gasteiger partial charge in [0.1, 0.15) is 0 Å². The van der Waals surface area contributed by atoms with Gasteiger partial charge in [0.25, 0.3) is 5.91 Å². The Morgan fingerprint density at radius 2 is 1.66 bits per heavy atom. The number of rotatable bonds is 7. The molecule has 0 radical (unpaired) electrons. The predicted molar refractivity (Wildman–Crippen MR) is 116 cm³/mol. The van der Waals surface area contributed by atoms with Crippen molar-refractivity contribution in [1.29, 1.82) is 0 Å². The van der Waals surface area contributed by atoms with Crippen molar-refractivity contribution in [1.82, 2.24) is 0 Å². The van der Waals surface area contributed by atoms with E-state index in [2.05, 4.69) is 21.2 Å². The molecule has 1 amide bonds. The molecule has 0 aromatic heterocycles. The number of nitrogens with one attached hydrogen (secondary N) is 1. The van der Waals surface area contributed by atoms with E-state index in [-0.39, 0.29) is 17.1 Å². The summed E-state index contributed by atoms with van der Waals surface area (Å²) in [5.41, 5.74) is 4.31. The van der Waals surface area contributed by atoms with Crippen molar-refractivity contribution < 1.29 is 22.7 Å². The Kier molecular flexibility index (Phi) is 7.60. The predicted octanol–water partition coefficient (Wildman–Crippen LogP) is 4.03. The molecule has 2 rings (SSSR count). The van der Waals surface area contributed by atoms with E-state index >= 15 is 0 Å². The van der Waals surface area contributed by atoms with Crippen LogP contribution in [0.15, 0.2) is 39.7 Å². The van der Waals surface area contributed by atoms with Gasteiger partial charge >= 0.3 is 5.97 Å². The Hall–Kier alpha value is -2.19. The third-order valence-corrected chi connectivity index (χ3v) is 7.12. The number of sulfone groups is 1. The number of aryl methyl sites for hydroxylation is 4. The largest absolute Gasteiger partial charge is 0.456 e. The Morgan fingerprint density at radius 3 is 2.31 bits per heavy atom. The molecule has 0 heterocycles. The number of carbonyl (C=O) groups excluding carboxylic acids is 2. The van der Waals surface area contributed by atoms with E-state index in [0.717, 1.165) is 26.7 Å². The molecule has 2 aromatic rings. The van der Waals surface area contributed by atoms with Crippen LogP contribution in [0, 0.1) is 27.7 Å². The van der Waals surface area contributed by atoms with Crippen LogP contribution in [-0.4, -0.2) is 32.7 Å². The zero-order valence-corrected chi connectivity index (χ0v) is 19.2. The number of hydrogen-bond donors (Lipinski definition) is 1. The van der Waals surface area contributed by atoms with Crippen LogP contribution in [0.4, 0.5) is 5.69 Å². The van der Waals surface area contributed by atoms with Crippen LogP contribution < -0.4 is 5.32 Å². The van der Waals surface area contributed by atoms with Crippen molar-refractivity contribution in [3.05, 3.63) is 57.1 Å². The van der Waals surface area contributed by atoms with Gasteiger partial charge in [-0.2, -0.15) is 0 Å². The van der Waals surface area contributed by atoms with Crippen LogP contribution in [0.5, 0.6) is 0 Å². The lowest BCUT2D eigenvalue weighted by molar-refractivity contribution is -0.146. The van der Waals surface area contributed by atoms with Crippen molar-refractivity contribution in [3.8, 4) is 0 Å². The summed E-state index contributed by atoms with van der Waals surface area (Å²) in [6, 6.07) is 8.55. The summed E-state index contributed by atoms with van der Waals surface area (Å²) in [6.07, 6.45) is -0.320. The Bertz CT molecular complexity index is 1050. The van der Waals surface area contributed by atoms with Crippen LogP contribution in [-0.2, 0) is 24.2 Å². The first kappa shape index (κ1) is 23.1. The molecule has 0 aliphatic heterocycles. The van der Waals surface area contributed by atoms with Crippen molar-refractivity contribution in [3.63, 3.8) is 0 Å². The summed E-state index contributed by atoms with van der Waals surface area (Å²) in [4.78, 5) is 24.1. The molecule has 6 nitrogen and oxygen atoms in total. The molecule has 156 valence electrons. The fraction of sp³-hybridized carbons (Fsp3) is 0.333. The van der Waals surface area contributed by atoms with Gasteiger partial charge in [-0.1, -0.05) is 22.0 Å². The average molecular weight is 482 g/mol. The lowest BCUT2D eigenvalue weighted by Gasteiger charge is -2.11. The molecular weight excluding hydrogens is 458 g/mol. The molecule has 0 bridgehead atoms. The fourth-order valence-corrected chi connectivity index (χ4v) is 4.32. The first-order valence-corrected chi connectivity index (χ1v) is 11.5. The Morgan fingerprint density at radius 1 is 0.966 bits per heavy atom. The molecule has 0 unspecified atom stereocenters. The average Bonchev–Trinajstić information content (AvgIpc) is 2.65. The van der Waals surface area contributed by atoms with E-state index in [1.54, 1.807) is 12.1 Å². The zero-order chi connectivity index (χ0) is 21.8. The SMILES string of the molecule is Cc1ccc(S(=O)(=O)CCC(=O)OCC(=O)Nc2cc(C)c(Br)cc2C)cc1C. The molecule has 0 atom stereocenters. The number of esters is 1. The molecule has 0 aliphatic carbocycles. The third kappa shape index (κ3) is 6.40. The van der Waals surface area contributed by atoms with Crippen molar-refractivity contribution in [2.45, 2.75) is 39.0 Å². The van der Waals surface area contributed by atoms with Crippen LogP contribution in [0.25, 0.3) is 0 Å². The molecule has 8 heteroatoms. The van der Waals surface area contributed by atoms with Gasteiger partial charge in [0.2, 0.25) is 0 Å². The van der Waals surface area contributed by atoms with E-state index in [9.17, 15) is 18.0 Å². The van der Waals surface area contributed by atoms with Crippen molar-refractivity contribution in [2.75, 3.05) is 17.7 Å². The molecule has 0 fully saturated rings. The Labute approximate surface area is 179 Å². The number of carbonyl (C=O) groups is 2. The minimum Gasteiger partial charge on any atom is -0.456 e. The highest BCUT2D eigenvalue weighted by molar-refractivity contribution is 9.10. The van der Waals surface area contributed by atoms with Gasteiger partial charge in [-0.3, -0.25) is 9.59 Å². The molecule has 1 N–H and O–H groups in total. The summed E-state index contributed by atoms with van der Waals surface area (Å²) in [5.74, 6) is -1.60. The number of benzene rings is 2. The monoisotopic (exact) mass is 481 g/mol. The summed E-state index contributed by atoms with van der Waals surface area (Å²) < 4.78 is 30.6. The van der Waals surface area contributed by atoms with E-state index in [1.807, 2.05) is 39.8 Å². The summed E-state index contributed by atoms with van der Waals surface area (Å²) >= 11 is 3.42. The minimum atomic E-state index is -3.60. The molecule has 0 saturated carbocycles. The van der Waals surface area contributed by atoms with Crippen LogP contribution in [0.3, 0.4) is 0 Å². The third-order valence-electron chi connectivity index (χ3n) is 4.56. The molecule has 0 saturated heterocycles. The molecule has 0 spiro atoms. The van der Waals surface area contributed by atoms with Gasteiger partial charge in [0.05, 0.1) is 17.1 Å². The van der Waals surface area contributed by atoms with E-state index in [1.165, 1.54) is 6.07 Å². The molecular formula is C21H24BrNO5S. The second kappa shape index (κ2) is 9.54. The number of halogens is 1. The first-order valence-electron chi connectivity index (χ1n) is 9.02. The maximum Gasteiger partial charge on any atom is 0.307 e. The lowest BCUT2D eigenvalue weighted by atomic mass is 10.1. The van der Waals surface area contributed by atoms with E-state index in [0.29, 0.717) is 5.69 Å². The van der Waals surface area contributed by atoms with Gasteiger partial charge in [-0.15, -0.1) is 0 Å². The van der Waals surface area contributed by atoms with Gasteiger partial charge in [0.15, 0.2) is 16.4 Å². The number of hydrogen-bond acceptors (Lipinski definition) is 5. The van der Waals surface area contributed by atoms with Gasteiger partial charge in [0, 0.05) is 10.2 Å². The second-order valence-electron chi connectivity index (χ2n) is 6.94. The highest BCUT2D eigenvalue weighted by Gasteiger charge is 2.18. The van der Waals surface area contributed by atoms with Gasteiger partial charge in [-0.05, 0) is 74.2 Å². The lowest BCUT2D eigenvalue weighted by Crippen LogP contribution is -2.22. The zero-order valence-electron chi connectivity index (χ0n) is 16.8. The maximum atomic E-state index is 12.4. The molecule has 29 heavy (non-hydrogen) atoms. The first-order chi connectivity index (χ1) is 13.5. The molecule has 2 aromatic carbocycles. The topological polar surface area (TPSA) is 89.5 Å². The smallest absolute Gasteiger partial charge is 0.307 e. The summed E-state index contributed by atoms with van der Waals surface area (Å²) in [7, 11) is -3.60. The highest BCUT2D eigenvalue weighted by atomic mass is 79.9. The van der Waals surface area contributed by atoms with E-state index < -0.39 is 28.3 Å². The Balaban J connectivity index is 1.87. The van der Waals surface area contributed by atoms with Gasteiger partial charge in [-0.25, -0.2) is 8.42 Å². The van der Waals surface area contributed by atoms with Crippen molar-refractivity contribution >= 4 is 43.3 Å². The van der Waals surface area contributed by atoms with Crippen LogP contribution in [0.1, 0.15) is 28.7 Å². The fourth-order valence-electron chi connectivity index (χ4n) is 2.56. The number of anilines is 1. The normalized spacial score (nSPS) is 11.2. The quantitative estimate of drug-likeness (QED) is 0.602. The number of amides is 1. The maximum absolute atomic E-state index is 12.4. The summed E-state index contributed by atoms with van der Waals surface area (Å²) in [5, 5.41) is 2.69. The summed E-state index contributed by atoms with van der Waals surface area (Å²) in [6.45, 7) is 7.00. The molecule has 0 aliphatic rings. The standard InChI is InChI=1S/C21H24BrNO5S/c1-13-5-6-17(9-14(13)2)29(26,27)8-7-21(25)28-12-20(24)23-19-11-15(3)18(22)10-16(19)4/h5-6,9-11H,7-8,12H2,1-4H3,(H,23,24).